The Bertz CT molecular complexity index is 2160. The summed E-state index contributed by atoms with van der Waals surface area (Å²) in [6, 6.07) is 42.0. The number of fused-ring (bicyclic) bond motifs is 3. The molecule has 4 heterocycles. The molecule has 6 nitrogen and oxygen atoms in total. The summed E-state index contributed by atoms with van der Waals surface area (Å²) in [4.78, 5) is 24.2. The van der Waals surface area contributed by atoms with Gasteiger partial charge in [-0.3, -0.25) is 9.97 Å². The molecular formula is C37H23N5O. The van der Waals surface area contributed by atoms with Crippen LogP contribution in [0.4, 0.5) is 0 Å². The molecule has 202 valence electrons. The first-order chi connectivity index (χ1) is 21.3. The predicted octanol–water partition coefficient (Wildman–Crippen LogP) is 8.90. The lowest BCUT2D eigenvalue weighted by molar-refractivity contribution is 0.670. The van der Waals surface area contributed by atoms with Crippen molar-refractivity contribution in [1.82, 2.24) is 24.9 Å². The number of pyridine rings is 2. The highest BCUT2D eigenvalue weighted by Crippen LogP contribution is 2.42. The van der Waals surface area contributed by atoms with Crippen LogP contribution in [0.15, 0.2) is 144 Å². The Morgan fingerprint density at radius 1 is 0.442 bits per heavy atom. The summed E-state index contributed by atoms with van der Waals surface area (Å²) in [5.74, 6) is 1.79. The van der Waals surface area contributed by atoms with Crippen molar-refractivity contribution in [3.05, 3.63) is 140 Å². The fourth-order valence-corrected chi connectivity index (χ4v) is 5.44. The van der Waals surface area contributed by atoms with Crippen molar-refractivity contribution < 1.29 is 4.42 Å². The first kappa shape index (κ1) is 24.8. The lowest BCUT2D eigenvalue weighted by Crippen LogP contribution is -2.00. The minimum atomic E-state index is 0.573. The van der Waals surface area contributed by atoms with Crippen molar-refractivity contribution in [2.75, 3.05) is 0 Å². The molecule has 6 heteroatoms. The van der Waals surface area contributed by atoms with Crippen LogP contribution in [0, 0.1) is 0 Å². The molecule has 4 aromatic heterocycles. The first-order valence-electron chi connectivity index (χ1n) is 14.0. The summed E-state index contributed by atoms with van der Waals surface area (Å²) in [5.41, 5.74) is 7.74. The number of hydrogen-bond donors (Lipinski definition) is 0. The molecule has 0 saturated heterocycles. The molecule has 0 N–H and O–H groups in total. The van der Waals surface area contributed by atoms with Gasteiger partial charge in [-0.05, 0) is 42.5 Å². The summed E-state index contributed by atoms with van der Waals surface area (Å²) >= 11 is 0. The molecule has 0 radical (unpaired) electrons. The Kier molecular flexibility index (Phi) is 6.01. The van der Waals surface area contributed by atoms with E-state index in [1.165, 1.54) is 0 Å². The van der Waals surface area contributed by atoms with Crippen molar-refractivity contribution in [2.24, 2.45) is 0 Å². The van der Waals surface area contributed by atoms with Crippen LogP contribution in [-0.4, -0.2) is 24.9 Å². The van der Waals surface area contributed by atoms with Crippen LogP contribution in [0.3, 0.4) is 0 Å². The lowest BCUT2D eigenvalue weighted by atomic mass is 9.98. The molecule has 0 spiro atoms. The summed E-state index contributed by atoms with van der Waals surface area (Å²) in [5, 5.41) is 1.87. The van der Waals surface area contributed by atoms with Gasteiger partial charge in [-0.1, -0.05) is 84.9 Å². The van der Waals surface area contributed by atoms with Gasteiger partial charge < -0.3 is 4.42 Å². The smallest absolute Gasteiger partial charge is 0.164 e. The van der Waals surface area contributed by atoms with Gasteiger partial charge in [0.05, 0.1) is 11.4 Å². The van der Waals surface area contributed by atoms with Crippen LogP contribution in [0.5, 0.6) is 0 Å². The van der Waals surface area contributed by atoms with E-state index in [1.807, 2.05) is 115 Å². The monoisotopic (exact) mass is 553 g/mol. The minimum Gasteiger partial charge on any atom is -0.455 e. The molecule has 0 unspecified atom stereocenters. The van der Waals surface area contributed by atoms with Crippen molar-refractivity contribution in [1.29, 1.82) is 0 Å². The van der Waals surface area contributed by atoms with Gasteiger partial charge in [0, 0.05) is 51.0 Å². The zero-order valence-corrected chi connectivity index (χ0v) is 22.9. The summed E-state index contributed by atoms with van der Waals surface area (Å²) in [6.07, 6.45) is 3.60. The number of furan rings is 1. The molecule has 0 aliphatic heterocycles. The number of aromatic nitrogens is 5. The lowest BCUT2D eigenvalue weighted by Gasteiger charge is -2.09. The van der Waals surface area contributed by atoms with E-state index in [-0.39, 0.29) is 0 Å². The maximum atomic E-state index is 6.59. The SMILES string of the molecule is c1ccc(-c2nc(-c3ccccc3)nc(-c3cccc4oc5c(-c6ccccn6)cc(-c6ccccn6)cc5c34)n2)cc1. The normalized spacial score (nSPS) is 11.3. The molecule has 0 bridgehead atoms. The van der Waals surface area contributed by atoms with Gasteiger partial charge in [-0.15, -0.1) is 0 Å². The third kappa shape index (κ3) is 4.51. The van der Waals surface area contributed by atoms with E-state index in [0.29, 0.717) is 17.5 Å². The van der Waals surface area contributed by atoms with Crippen molar-refractivity contribution in [3.63, 3.8) is 0 Å². The number of rotatable bonds is 5. The second kappa shape index (κ2) is 10.4. The van der Waals surface area contributed by atoms with Crippen LogP contribution < -0.4 is 0 Å². The van der Waals surface area contributed by atoms with E-state index in [1.54, 1.807) is 12.4 Å². The van der Waals surface area contributed by atoms with Crippen LogP contribution >= 0.6 is 0 Å². The molecule has 0 aliphatic carbocycles. The van der Waals surface area contributed by atoms with Gasteiger partial charge in [0.1, 0.15) is 11.2 Å². The molecule has 0 saturated carbocycles. The molecule has 43 heavy (non-hydrogen) atoms. The van der Waals surface area contributed by atoms with E-state index < -0.39 is 0 Å². The van der Waals surface area contributed by atoms with E-state index in [4.69, 9.17) is 19.4 Å². The molecule has 0 atom stereocenters. The minimum absolute atomic E-state index is 0.573. The molecule has 8 rings (SSSR count). The molecule has 4 aromatic carbocycles. The fraction of sp³-hybridized carbons (Fsp3) is 0. The van der Waals surface area contributed by atoms with Gasteiger partial charge in [0.15, 0.2) is 17.5 Å². The third-order valence-corrected chi connectivity index (χ3v) is 7.44. The average Bonchev–Trinajstić information content (AvgIpc) is 3.48. The molecular weight excluding hydrogens is 530 g/mol. The Balaban J connectivity index is 1.43. The summed E-state index contributed by atoms with van der Waals surface area (Å²) in [7, 11) is 0. The molecule has 0 amide bonds. The number of nitrogens with zero attached hydrogens (tertiary/aromatic N) is 5. The van der Waals surface area contributed by atoms with Crippen LogP contribution in [0.25, 0.3) is 78.6 Å². The van der Waals surface area contributed by atoms with Gasteiger partial charge in [-0.2, -0.15) is 0 Å². The quantitative estimate of drug-likeness (QED) is 0.212. The van der Waals surface area contributed by atoms with Crippen LogP contribution in [0.2, 0.25) is 0 Å². The summed E-state index contributed by atoms with van der Waals surface area (Å²) < 4.78 is 6.59. The van der Waals surface area contributed by atoms with Crippen molar-refractivity contribution in [3.8, 4) is 56.7 Å². The molecule has 0 fully saturated rings. The number of benzene rings is 4. The van der Waals surface area contributed by atoms with Crippen LogP contribution in [-0.2, 0) is 0 Å². The van der Waals surface area contributed by atoms with Crippen LogP contribution in [0.1, 0.15) is 0 Å². The Labute approximate surface area is 247 Å². The maximum absolute atomic E-state index is 6.59. The zero-order chi connectivity index (χ0) is 28.6. The van der Waals surface area contributed by atoms with Crippen molar-refractivity contribution in [2.45, 2.75) is 0 Å². The van der Waals surface area contributed by atoms with E-state index in [9.17, 15) is 0 Å². The van der Waals surface area contributed by atoms with Gasteiger partial charge >= 0.3 is 0 Å². The van der Waals surface area contributed by atoms with Crippen molar-refractivity contribution >= 4 is 21.9 Å². The third-order valence-electron chi connectivity index (χ3n) is 7.44. The number of hydrogen-bond acceptors (Lipinski definition) is 6. The standard InChI is InChI=1S/C37H23N5O/c1-3-12-24(13-4-1)35-40-36(25-14-5-2-6-15-25)42-37(41-35)27-16-11-19-32-33(27)29-23-26(30-17-7-9-20-38-30)22-28(34(29)43-32)31-18-8-10-21-39-31/h1-23H. The fourth-order valence-electron chi connectivity index (χ4n) is 5.44. The zero-order valence-electron chi connectivity index (χ0n) is 22.9. The topological polar surface area (TPSA) is 77.6 Å². The van der Waals surface area contributed by atoms with Gasteiger partial charge in [-0.25, -0.2) is 15.0 Å². The van der Waals surface area contributed by atoms with E-state index in [0.717, 1.165) is 61.1 Å². The van der Waals surface area contributed by atoms with Gasteiger partial charge in [0.2, 0.25) is 0 Å². The maximum Gasteiger partial charge on any atom is 0.164 e. The highest BCUT2D eigenvalue weighted by Gasteiger charge is 2.21. The van der Waals surface area contributed by atoms with E-state index >= 15 is 0 Å². The van der Waals surface area contributed by atoms with Gasteiger partial charge in [0.25, 0.3) is 0 Å². The second-order valence-electron chi connectivity index (χ2n) is 10.1. The first-order valence-corrected chi connectivity index (χ1v) is 14.0. The Morgan fingerprint density at radius 2 is 1.05 bits per heavy atom. The Hall–Kier alpha value is -6.01. The van der Waals surface area contributed by atoms with E-state index in [2.05, 4.69) is 22.1 Å². The Morgan fingerprint density at radius 3 is 1.67 bits per heavy atom. The summed E-state index contributed by atoms with van der Waals surface area (Å²) in [6.45, 7) is 0. The average molecular weight is 554 g/mol. The molecule has 0 aliphatic rings. The second-order valence-corrected chi connectivity index (χ2v) is 10.1. The largest absolute Gasteiger partial charge is 0.455 e. The molecule has 8 aromatic rings. The predicted molar refractivity (Wildman–Crippen MR) is 170 cm³/mol. The highest BCUT2D eigenvalue weighted by atomic mass is 16.3. The highest BCUT2D eigenvalue weighted by molar-refractivity contribution is 6.16.